The first-order valence-corrected chi connectivity index (χ1v) is 13.5. The summed E-state index contributed by atoms with van der Waals surface area (Å²) in [7, 11) is 0. The van der Waals surface area contributed by atoms with Crippen LogP contribution in [-0.4, -0.2) is 34.7 Å². The highest BCUT2D eigenvalue weighted by atomic mass is 35.5. The fourth-order valence-corrected chi connectivity index (χ4v) is 4.77. The van der Waals surface area contributed by atoms with Gasteiger partial charge >= 0.3 is 0 Å². The second-order valence-electron chi connectivity index (χ2n) is 8.64. The lowest BCUT2D eigenvalue weighted by Crippen LogP contribution is -2.28. The van der Waals surface area contributed by atoms with Crippen molar-refractivity contribution >= 4 is 58.3 Å². The fourth-order valence-electron chi connectivity index (χ4n) is 3.72. The van der Waals surface area contributed by atoms with E-state index < -0.39 is 11.7 Å². The topological polar surface area (TPSA) is 96.5 Å². The standard InChI is InChI=1S/C30H22ClFN4O4S/c31-22-9-7-20(8-10-22)17-33-35-30-36(18-25-5-3-15-39-25)29(38)27(41-30)16-21-4-1-2-6-26(21)40-19-28(37)34-24-13-11-23(32)12-14-24/h1-17H,18-19H2,(H,34,37)/b27-16-,33-17-,35-30+. The van der Waals surface area contributed by atoms with Gasteiger partial charge in [-0.15, -0.1) is 5.10 Å². The van der Waals surface area contributed by atoms with Gasteiger partial charge in [-0.2, -0.15) is 5.10 Å². The van der Waals surface area contributed by atoms with E-state index >= 15 is 0 Å². The Hall–Kier alpha value is -4.67. The van der Waals surface area contributed by atoms with Crippen molar-refractivity contribution in [1.29, 1.82) is 0 Å². The summed E-state index contributed by atoms with van der Waals surface area (Å²) in [6.07, 6.45) is 4.79. The summed E-state index contributed by atoms with van der Waals surface area (Å²) >= 11 is 7.11. The highest BCUT2D eigenvalue weighted by molar-refractivity contribution is 8.18. The van der Waals surface area contributed by atoms with Crippen LogP contribution in [-0.2, 0) is 16.1 Å². The Labute approximate surface area is 244 Å². The number of ether oxygens (including phenoxy) is 1. The number of nitrogens with zero attached hydrogens (tertiary/aromatic N) is 3. The van der Waals surface area contributed by atoms with Crippen molar-refractivity contribution in [2.24, 2.45) is 10.2 Å². The van der Waals surface area contributed by atoms with E-state index in [0.29, 0.717) is 37.9 Å². The molecule has 1 fully saturated rings. The molecule has 1 saturated heterocycles. The van der Waals surface area contributed by atoms with Crippen molar-refractivity contribution in [3.05, 3.63) is 124 Å². The van der Waals surface area contributed by atoms with E-state index in [9.17, 15) is 14.0 Å². The first-order valence-electron chi connectivity index (χ1n) is 12.3. The lowest BCUT2D eigenvalue weighted by atomic mass is 10.2. The zero-order valence-electron chi connectivity index (χ0n) is 21.4. The monoisotopic (exact) mass is 588 g/mol. The first-order chi connectivity index (χ1) is 19.9. The minimum Gasteiger partial charge on any atom is -0.483 e. The van der Waals surface area contributed by atoms with Crippen molar-refractivity contribution in [1.82, 2.24) is 4.90 Å². The summed E-state index contributed by atoms with van der Waals surface area (Å²) in [4.78, 5) is 27.7. The number of anilines is 1. The molecule has 5 rings (SSSR count). The maximum Gasteiger partial charge on any atom is 0.267 e. The maximum absolute atomic E-state index is 13.4. The quantitative estimate of drug-likeness (QED) is 0.135. The lowest BCUT2D eigenvalue weighted by Gasteiger charge is -2.12. The van der Waals surface area contributed by atoms with Crippen LogP contribution < -0.4 is 10.1 Å². The Morgan fingerprint density at radius 2 is 1.83 bits per heavy atom. The number of hydrogen-bond donors (Lipinski definition) is 1. The van der Waals surface area contributed by atoms with Crippen LogP contribution in [0.2, 0.25) is 5.02 Å². The van der Waals surface area contributed by atoms with Gasteiger partial charge in [-0.05, 0) is 78.0 Å². The predicted molar refractivity (Wildman–Crippen MR) is 158 cm³/mol. The van der Waals surface area contributed by atoms with E-state index in [1.54, 1.807) is 60.8 Å². The highest BCUT2D eigenvalue weighted by Gasteiger charge is 2.34. The molecule has 11 heteroatoms. The summed E-state index contributed by atoms with van der Waals surface area (Å²) in [5.74, 6) is -0.0969. The van der Waals surface area contributed by atoms with Crippen molar-refractivity contribution in [3.8, 4) is 5.75 Å². The molecule has 0 saturated carbocycles. The van der Waals surface area contributed by atoms with E-state index in [2.05, 4.69) is 15.5 Å². The number of benzene rings is 3. The van der Waals surface area contributed by atoms with Crippen LogP contribution in [0.25, 0.3) is 6.08 Å². The van der Waals surface area contributed by atoms with E-state index in [1.807, 2.05) is 12.1 Å². The van der Waals surface area contributed by atoms with Gasteiger partial charge in [-0.25, -0.2) is 4.39 Å². The van der Waals surface area contributed by atoms with Crippen LogP contribution in [0.4, 0.5) is 10.1 Å². The zero-order valence-corrected chi connectivity index (χ0v) is 22.9. The van der Waals surface area contributed by atoms with E-state index in [1.165, 1.54) is 35.4 Å². The number of amidine groups is 1. The number of carbonyl (C=O) groups excluding carboxylic acids is 2. The number of carbonyl (C=O) groups is 2. The normalized spacial score (nSPS) is 15.3. The molecule has 0 spiro atoms. The third kappa shape index (κ3) is 7.50. The van der Waals surface area contributed by atoms with Gasteiger partial charge in [0.05, 0.1) is 23.9 Å². The zero-order chi connectivity index (χ0) is 28.6. The molecule has 206 valence electrons. The molecule has 1 aliphatic heterocycles. The summed E-state index contributed by atoms with van der Waals surface area (Å²) in [5.41, 5.74) is 1.85. The molecular formula is C30H22ClFN4O4S. The second-order valence-corrected chi connectivity index (χ2v) is 10.1. The van der Waals surface area contributed by atoms with Crippen molar-refractivity contribution in [3.63, 3.8) is 0 Å². The molecular weight excluding hydrogens is 567 g/mol. The number of amides is 2. The average molecular weight is 589 g/mol. The number of thioether (sulfide) groups is 1. The summed E-state index contributed by atoms with van der Waals surface area (Å²) in [6, 6.07) is 23.1. The van der Waals surface area contributed by atoms with Gasteiger partial charge in [0.1, 0.15) is 17.3 Å². The summed E-state index contributed by atoms with van der Waals surface area (Å²) in [5, 5.41) is 12.1. The van der Waals surface area contributed by atoms with Crippen LogP contribution in [0.3, 0.4) is 0 Å². The molecule has 41 heavy (non-hydrogen) atoms. The van der Waals surface area contributed by atoms with Gasteiger partial charge in [-0.3, -0.25) is 14.5 Å². The lowest BCUT2D eigenvalue weighted by molar-refractivity contribution is -0.122. The smallest absolute Gasteiger partial charge is 0.267 e. The molecule has 2 heterocycles. The van der Waals surface area contributed by atoms with Gasteiger partial charge in [-0.1, -0.05) is 41.9 Å². The Kier molecular flexibility index (Phi) is 8.92. The van der Waals surface area contributed by atoms with Crippen LogP contribution in [0, 0.1) is 5.82 Å². The average Bonchev–Trinajstić information content (AvgIpc) is 3.59. The van der Waals surface area contributed by atoms with Crippen molar-refractivity contribution in [2.75, 3.05) is 11.9 Å². The molecule has 0 aliphatic carbocycles. The largest absolute Gasteiger partial charge is 0.483 e. The molecule has 4 aromatic rings. The fraction of sp³-hybridized carbons (Fsp3) is 0.0667. The van der Waals surface area contributed by atoms with Gasteiger partial charge in [0.25, 0.3) is 11.8 Å². The summed E-state index contributed by atoms with van der Waals surface area (Å²) < 4.78 is 24.3. The van der Waals surface area contributed by atoms with Gasteiger partial charge in [0.2, 0.25) is 0 Å². The summed E-state index contributed by atoms with van der Waals surface area (Å²) in [6.45, 7) is -0.109. The van der Waals surface area contributed by atoms with Gasteiger partial charge in [0.15, 0.2) is 11.8 Å². The van der Waals surface area contributed by atoms with Crippen LogP contribution in [0.5, 0.6) is 5.75 Å². The molecule has 0 radical (unpaired) electrons. The maximum atomic E-state index is 13.4. The van der Waals surface area contributed by atoms with E-state index in [-0.39, 0.29) is 19.1 Å². The number of rotatable bonds is 9. The number of hydrogen-bond acceptors (Lipinski definition) is 7. The van der Waals surface area contributed by atoms with Crippen LogP contribution in [0.15, 0.2) is 111 Å². The van der Waals surface area contributed by atoms with Gasteiger partial charge < -0.3 is 14.5 Å². The van der Waals surface area contributed by atoms with Crippen molar-refractivity contribution in [2.45, 2.75) is 6.54 Å². The number of halogens is 2. The molecule has 1 aliphatic rings. The first kappa shape index (κ1) is 27.9. The molecule has 1 N–H and O–H groups in total. The highest BCUT2D eigenvalue weighted by Crippen LogP contribution is 2.35. The van der Waals surface area contributed by atoms with Crippen molar-refractivity contribution < 1.29 is 23.1 Å². The van der Waals surface area contributed by atoms with Crippen LogP contribution in [0.1, 0.15) is 16.9 Å². The Morgan fingerprint density at radius 1 is 1.05 bits per heavy atom. The molecule has 2 amide bonds. The third-order valence-corrected chi connectivity index (χ3v) is 6.94. The molecule has 0 unspecified atom stereocenters. The van der Waals surface area contributed by atoms with Crippen LogP contribution >= 0.6 is 23.4 Å². The Bertz CT molecular complexity index is 1620. The Balaban J connectivity index is 1.33. The second kappa shape index (κ2) is 13.1. The molecule has 1 aromatic heterocycles. The minimum atomic E-state index is -0.414. The SMILES string of the molecule is O=C(COc1ccccc1/C=C1\S/C(=N/N=C\c2ccc(Cl)cc2)N(Cc2ccco2)C1=O)Nc1ccc(F)cc1. The number of para-hydroxylation sites is 1. The van der Waals surface area contributed by atoms with E-state index in [0.717, 1.165) is 17.3 Å². The molecule has 0 bridgehead atoms. The van der Waals surface area contributed by atoms with E-state index in [4.69, 9.17) is 20.8 Å². The Morgan fingerprint density at radius 3 is 2.59 bits per heavy atom. The number of nitrogens with one attached hydrogen (secondary N) is 1. The molecule has 0 atom stereocenters. The molecule has 8 nitrogen and oxygen atoms in total. The third-order valence-electron chi connectivity index (χ3n) is 5.69. The predicted octanol–water partition coefficient (Wildman–Crippen LogP) is 6.60. The minimum absolute atomic E-state index is 0.174. The van der Waals surface area contributed by atoms with Gasteiger partial charge in [0, 0.05) is 16.3 Å². The number of furan rings is 1. The molecule has 3 aromatic carbocycles.